The monoisotopic (exact) mass is 338 g/mol. The Hall–Kier alpha value is -1.11. The second-order valence-corrected chi connectivity index (χ2v) is 6.28. The summed E-state index contributed by atoms with van der Waals surface area (Å²) in [7, 11) is 0. The van der Waals surface area contributed by atoms with E-state index in [2.05, 4.69) is 31.0 Å². The van der Waals surface area contributed by atoms with Gasteiger partial charge in [0, 0.05) is 49.8 Å². The van der Waals surface area contributed by atoms with Crippen LogP contribution in [0.2, 0.25) is 0 Å². The van der Waals surface area contributed by atoms with Crippen LogP contribution in [-0.2, 0) is 0 Å². The highest BCUT2D eigenvalue weighted by atomic mass is 79.9. The minimum Gasteiger partial charge on any atom is -0.368 e. The van der Waals surface area contributed by atoms with Gasteiger partial charge in [-0.3, -0.25) is 9.69 Å². The van der Waals surface area contributed by atoms with E-state index < -0.39 is 0 Å². The summed E-state index contributed by atoms with van der Waals surface area (Å²) in [5, 5.41) is 3.31. The number of hydrogen-bond acceptors (Lipinski definition) is 4. The molecule has 5 nitrogen and oxygen atoms in total. The first-order chi connectivity index (χ1) is 9.65. The van der Waals surface area contributed by atoms with Gasteiger partial charge in [-0.1, -0.05) is 15.9 Å². The average molecular weight is 339 g/mol. The topological polar surface area (TPSA) is 61.6 Å². The van der Waals surface area contributed by atoms with Crippen LogP contribution in [0.5, 0.6) is 0 Å². The molecule has 2 heterocycles. The van der Waals surface area contributed by atoms with Crippen molar-refractivity contribution in [3.8, 4) is 0 Å². The molecule has 0 spiro atoms. The van der Waals surface area contributed by atoms with Gasteiger partial charge in [0.05, 0.1) is 11.3 Å². The molecule has 0 radical (unpaired) electrons. The van der Waals surface area contributed by atoms with E-state index in [1.54, 1.807) is 6.07 Å². The van der Waals surface area contributed by atoms with Gasteiger partial charge in [-0.2, -0.15) is 0 Å². The van der Waals surface area contributed by atoms with Crippen LogP contribution in [0.3, 0.4) is 0 Å². The number of amides is 1. The Balaban J connectivity index is 1.73. The van der Waals surface area contributed by atoms with Gasteiger partial charge < -0.3 is 16.0 Å². The normalized spacial score (nSPS) is 20.8. The zero-order valence-electron chi connectivity index (χ0n) is 11.3. The molecule has 1 aromatic rings. The Kier molecular flexibility index (Phi) is 3.96. The third kappa shape index (κ3) is 2.68. The molecule has 108 valence electrons. The van der Waals surface area contributed by atoms with Crippen molar-refractivity contribution in [3.05, 3.63) is 28.2 Å². The molecule has 0 bridgehead atoms. The summed E-state index contributed by atoms with van der Waals surface area (Å²) in [5.41, 5.74) is 7.02. The van der Waals surface area contributed by atoms with E-state index in [0.29, 0.717) is 11.6 Å². The summed E-state index contributed by atoms with van der Waals surface area (Å²) in [6, 6.07) is 6.33. The molecule has 0 unspecified atom stereocenters. The van der Waals surface area contributed by atoms with E-state index in [4.69, 9.17) is 5.73 Å². The van der Waals surface area contributed by atoms with Crippen molar-refractivity contribution in [3.63, 3.8) is 0 Å². The third-order valence-electron chi connectivity index (χ3n) is 4.16. The first-order valence-electron chi connectivity index (χ1n) is 6.94. The number of carbonyl (C=O) groups is 1. The van der Waals surface area contributed by atoms with E-state index in [1.165, 1.54) is 0 Å². The maximum Gasteiger partial charge on any atom is 0.250 e. The number of nitrogens with one attached hydrogen (secondary N) is 1. The number of anilines is 1. The number of carbonyl (C=O) groups excluding carboxylic acids is 1. The van der Waals surface area contributed by atoms with Crippen molar-refractivity contribution in [2.75, 3.05) is 44.2 Å². The van der Waals surface area contributed by atoms with E-state index in [1.807, 2.05) is 12.1 Å². The quantitative estimate of drug-likeness (QED) is 0.849. The molecule has 2 aliphatic rings. The molecule has 20 heavy (non-hydrogen) atoms. The van der Waals surface area contributed by atoms with Crippen molar-refractivity contribution >= 4 is 27.5 Å². The largest absolute Gasteiger partial charge is 0.368 e. The molecule has 3 N–H and O–H groups in total. The van der Waals surface area contributed by atoms with Gasteiger partial charge in [0.15, 0.2) is 0 Å². The van der Waals surface area contributed by atoms with Crippen LogP contribution < -0.4 is 16.0 Å². The summed E-state index contributed by atoms with van der Waals surface area (Å²) in [5.74, 6) is -0.363. The fraction of sp³-hybridized carbons (Fsp3) is 0.500. The van der Waals surface area contributed by atoms with Gasteiger partial charge in [0.1, 0.15) is 0 Å². The van der Waals surface area contributed by atoms with E-state index >= 15 is 0 Å². The number of rotatable bonds is 3. The number of halogens is 1. The lowest BCUT2D eigenvalue weighted by Crippen LogP contribution is -2.61. The maximum atomic E-state index is 11.6. The summed E-state index contributed by atoms with van der Waals surface area (Å²) in [6.45, 7) is 6.15. The predicted molar refractivity (Wildman–Crippen MR) is 83.1 cm³/mol. The molecular formula is C14H19BrN4O. The summed E-state index contributed by atoms with van der Waals surface area (Å²) in [4.78, 5) is 16.3. The molecule has 6 heteroatoms. The van der Waals surface area contributed by atoms with E-state index in [9.17, 15) is 4.79 Å². The Morgan fingerprint density at radius 2 is 1.95 bits per heavy atom. The second kappa shape index (κ2) is 5.71. The molecule has 2 saturated heterocycles. The van der Waals surface area contributed by atoms with Gasteiger partial charge >= 0.3 is 0 Å². The van der Waals surface area contributed by atoms with Crippen LogP contribution in [0.15, 0.2) is 22.7 Å². The minimum absolute atomic E-state index is 0.363. The van der Waals surface area contributed by atoms with Crippen molar-refractivity contribution in [2.45, 2.75) is 6.04 Å². The van der Waals surface area contributed by atoms with Crippen molar-refractivity contribution in [2.24, 2.45) is 5.73 Å². The Morgan fingerprint density at radius 1 is 1.25 bits per heavy atom. The molecule has 0 saturated carbocycles. The van der Waals surface area contributed by atoms with Gasteiger partial charge in [-0.25, -0.2) is 0 Å². The highest BCUT2D eigenvalue weighted by molar-refractivity contribution is 9.10. The summed E-state index contributed by atoms with van der Waals surface area (Å²) >= 11 is 3.47. The Morgan fingerprint density at radius 3 is 2.50 bits per heavy atom. The summed E-state index contributed by atoms with van der Waals surface area (Å²) in [6.07, 6.45) is 0. The van der Waals surface area contributed by atoms with Crippen molar-refractivity contribution in [1.82, 2.24) is 10.2 Å². The number of nitrogens with zero attached hydrogens (tertiary/aromatic N) is 2. The molecule has 0 atom stereocenters. The zero-order chi connectivity index (χ0) is 14.1. The van der Waals surface area contributed by atoms with Crippen LogP contribution in [-0.4, -0.2) is 56.1 Å². The Labute approximate surface area is 127 Å². The smallest absolute Gasteiger partial charge is 0.250 e. The number of primary amides is 1. The van der Waals surface area contributed by atoms with Crippen molar-refractivity contribution < 1.29 is 4.79 Å². The number of benzene rings is 1. The van der Waals surface area contributed by atoms with E-state index in [-0.39, 0.29) is 5.91 Å². The minimum atomic E-state index is -0.363. The molecule has 2 aliphatic heterocycles. The van der Waals surface area contributed by atoms with Gasteiger partial charge in [0.25, 0.3) is 5.91 Å². The lowest BCUT2D eigenvalue weighted by atomic mass is 10.1. The molecule has 1 amide bonds. The van der Waals surface area contributed by atoms with Crippen LogP contribution in [0.1, 0.15) is 10.4 Å². The van der Waals surface area contributed by atoms with Crippen molar-refractivity contribution in [1.29, 1.82) is 0 Å². The molecule has 0 aromatic heterocycles. The summed E-state index contributed by atoms with van der Waals surface area (Å²) < 4.78 is 0.975. The number of piperazine rings is 1. The number of nitrogens with two attached hydrogens (primary N) is 1. The van der Waals surface area contributed by atoms with Crippen LogP contribution in [0.25, 0.3) is 0 Å². The van der Waals surface area contributed by atoms with Gasteiger partial charge in [0.2, 0.25) is 0 Å². The molecule has 1 aromatic carbocycles. The average Bonchev–Trinajstić information content (AvgIpc) is 2.37. The number of hydrogen-bond donors (Lipinski definition) is 2. The predicted octanol–water partition coefficient (Wildman–Crippen LogP) is 0.642. The van der Waals surface area contributed by atoms with E-state index in [0.717, 1.165) is 49.4 Å². The van der Waals surface area contributed by atoms with Crippen LogP contribution >= 0.6 is 15.9 Å². The fourth-order valence-corrected chi connectivity index (χ4v) is 3.18. The highest BCUT2D eigenvalue weighted by Crippen LogP contribution is 2.26. The standard InChI is InChI=1S/C14H19BrN4O/c15-10-1-2-12(14(16)20)13(7-10)19-5-3-18(4-6-19)11-8-17-9-11/h1-2,7,11,17H,3-6,8-9H2,(H2,16,20). The molecule has 3 rings (SSSR count). The fourth-order valence-electron chi connectivity index (χ4n) is 2.83. The van der Waals surface area contributed by atoms with Gasteiger partial charge in [-0.05, 0) is 18.2 Å². The maximum absolute atomic E-state index is 11.6. The first kappa shape index (κ1) is 13.9. The highest BCUT2D eigenvalue weighted by Gasteiger charge is 2.28. The van der Waals surface area contributed by atoms with Crippen LogP contribution in [0.4, 0.5) is 5.69 Å². The SMILES string of the molecule is NC(=O)c1ccc(Br)cc1N1CCN(C2CNC2)CC1. The van der Waals surface area contributed by atoms with Gasteiger partial charge in [-0.15, -0.1) is 0 Å². The second-order valence-electron chi connectivity index (χ2n) is 5.36. The molecular weight excluding hydrogens is 320 g/mol. The lowest BCUT2D eigenvalue weighted by Gasteiger charge is -2.44. The lowest BCUT2D eigenvalue weighted by molar-refractivity contribution is 0.1000. The Bertz CT molecular complexity index is 510. The molecule has 0 aliphatic carbocycles. The van der Waals surface area contributed by atoms with Crippen LogP contribution in [0, 0.1) is 0 Å². The zero-order valence-corrected chi connectivity index (χ0v) is 12.9. The molecule has 2 fully saturated rings. The third-order valence-corrected chi connectivity index (χ3v) is 4.65. The first-order valence-corrected chi connectivity index (χ1v) is 7.73.